The topological polar surface area (TPSA) is 61.6 Å². The Labute approximate surface area is 287 Å². The van der Waals surface area contributed by atoms with Crippen molar-refractivity contribution in [3.63, 3.8) is 0 Å². The minimum atomic E-state index is -1.55. The Bertz CT molecular complexity index is 751. The predicted molar refractivity (Wildman–Crippen MR) is 194 cm³/mol. The number of rotatable bonds is 15. The molecular formula is C32H64Br2N2NiO4Si2. The molecule has 4 atom stereocenters. The first-order chi connectivity index (χ1) is 20.0. The van der Waals surface area contributed by atoms with Crippen molar-refractivity contribution in [2.75, 3.05) is 27.4 Å². The van der Waals surface area contributed by atoms with Crippen LogP contribution in [-0.4, -0.2) is 79.8 Å². The molecule has 0 spiro atoms. The van der Waals surface area contributed by atoms with Gasteiger partial charge in [0.25, 0.3) is 0 Å². The van der Waals surface area contributed by atoms with Gasteiger partial charge in [0.15, 0.2) is 16.6 Å². The average molecular weight is 816 g/mol. The van der Waals surface area contributed by atoms with Crippen molar-refractivity contribution in [1.29, 1.82) is 0 Å². The fourth-order valence-electron chi connectivity index (χ4n) is 6.59. The molecule has 0 heterocycles. The van der Waals surface area contributed by atoms with Gasteiger partial charge in [-0.25, -0.2) is 0 Å². The Balaban J connectivity index is 0.00000295. The summed E-state index contributed by atoms with van der Waals surface area (Å²) in [6.45, 7) is 24.6. The molecule has 0 saturated heterocycles. The van der Waals surface area contributed by atoms with E-state index in [2.05, 4.69) is 95.4 Å². The Morgan fingerprint density at radius 3 is 1.14 bits per heavy atom. The third kappa shape index (κ3) is 17.2. The van der Waals surface area contributed by atoms with Gasteiger partial charge >= 0.3 is 39.3 Å². The van der Waals surface area contributed by atoms with Crippen LogP contribution in [0.4, 0.5) is 0 Å². The summed E-state index contributed by atoms with van der Waals surface area (Å²) in [6, 6.07) is 0.614. The molecule has 2 aliphatic carbocycles. The minimum absolute atomic E-state index is 0.307. The van der Waals surface area contributed by atoms with Gasteiger partial charge in [0.1, 0.15) is 0 Å². The summed E-state index contributed by atoms with van der Waals surface area (Å²) >= 11 is 6.00. The molecule has 258 valence electrons. The molecule has 2 fully saturated rings. The van der Waals surface area contributed by atoms with Crippen LogP contribution in [0.2, 0.25) is 39.3 Å². The zero-order chi connectivity index (χ0) is 32.8. The molecule has 0 bridgehead atoms. The van der Waals surface area contributed by atoms with Gasteiger partial charge in [-0.1, -0.05) is 27.7 Å². The Hall–Kier alpha value is 1.07. The summed E-state index contributed by atoms with van der Waals surface area (Å²) in [6.07, 6.45) is 8.83. The van der Waals surface area contributed by atoms with E-state index in [0.717, 1.165) is 64.6 Å². The quantitative estimate of drug-likeness (QED) is 0.0939. The number of hydrogen-bond donors (Lipinski definition) is 0. The third-order valence-electron chi connectivity index (χ3n) is 8.67. The first-order valence-corrected chi connectivity index (χ1v) is 28.0. The van der Waals surface area contributed by atoms with Crippen LogP contribution >= 0.6 is 28.5 Å². The maximum atomic E-state index is 6.26. The molecule has 0 radical (unpaired) electrons. The number of aliphatic imine (C=N–C) groups is 2. The summed E-state index contributed by atoms with van der Waals surface area (Å²) in [7, 11) is 1.86. The van der Waals surface area contributed by atoms with Crippen LogP contribution in [0.1, 0.15) is 79.1 Å². The van der Waals surface area contributed by atoms with Crippen molar-refractivity contribution < 1.29 is 29.2 Å². The van der Waals surface area contributed by atoms with Crippen molar-refractivity contribution in [3.8, 4) is 0 Å². The average Bonchev–Trinajstić information content (AvgIpc) is 2.89. The van der Waals surface area contributed by atoms with Crippen molar-refractivity contribution in [1.82, 2.24) is 0 Å². The SMILES string of the molecule is COC1CC(C)C(N=C(CCCO[Si](C)(C)C)C(CCCO[Si](C)(C)C)=NC2C(C)CC(OC)CC2C)C(C)C1.[Br][Ni][Br]. The fraction of sp³-hybridized carbons (Fsp3) is 0.938. The summed E-state index contributed by atoms with van der Waals surface area (Å²) in [5.74, 6) is 1.98. The number of nitrogens with zero attached hydrogens (tertiary/aromatic N) is 2. The Morgan fingerprint density at radius 1 is 0.628 bits per heavy atom. The summed E-state index contributed by atoms with van der Waals surface area (Å²) < 4.78 is 24.1. The molecule has 2 rings (SSSR count). The third-order valence-corrected chi connectivity index (χ3v) is 10.8. The molecule has 6 nitrogen and oxygen atoms in total. The Kier molecular flexibility index (Phi) is 20.7. The predicted octanol–water partition coefficient (Wildman–Crippen LogP) is 9.72. The first-order valence-electron chi connectivity index (χ1n) is 16.3. The number of methoxy groups -OCH3 is 2. The van der Waals surface area contributed by atoms with E-state index in [1.165, 1.54) is 22.3 Å². The molecule has 0 aromatic rings. The van der Waals surface area contributed by atoms with Gasteiger partial charge in [0.05, 0.1) is 35.7 Å². The van der Waals surface area contributed by atoms with Gasteiger partial charge < -0.3 is 18.3 Å². The van der Waals surface area contributed by atoms with Crippen molar-refractivity contribution in [2.45, 2.75) is 143 Å². The molecule has 2 saturated carbocycles. The second-order valence-corrected chi connectivity index (χ2v) is 28.9. The van der Waals surface area contributed by atoms with E-state index < -0.39 is 16.6 Å². The molecule has 0 aliphatic heterocycles. The van der Waals surface area contributed by atoms with E-state index in [1.54, 1.807) is 0 Å². The normalized spacial score (nSPS) is 31.1. The Morgan fingerprint density at radius 2 is 0.907 bits per heavy atom. The summed E-state index contributed by atoms with van der Waals surface area (Å²) in [5.41, 5.74) is 2.44. The molecule has 0 aromatic heterocycles. The molecule has 0 aromatic carbocycles. The van der Waals surface area contributed by atoms with E-state index in [0.29, 0.717) is 48.0 Å². The van der Waals surface area contributed by atoms with Gasteiger partial charge in [-0.15, -0.1) is 0 Å². The maximum absolute atomic E-state index is 6.26. The van der Waals surface area contributed by atoms with Gasteiger partial charge in [-0.05, 0) is 114 Å². The van der Waals surface area contributed by atoms with E-state index in [-0.39, 0.29) is 0 Å². The van der Waals surface area contributed by atoms with Crippen molar-refractivity contribution >= 4 is 56.5 Å². The fourth-order valence-corrected chi connectivity index (χ4v) is 8.10. The van der Waals surface area contributed by atoms with Gasteiger partial charge in [0, 0.05) is 27.4 Å². The van der Waals surface area contributed by atoms with Crippen LogP contribution in [0, 0.1) is 23.7 Å². The monoisotopic (exact) mass is 812 g/mol. The molecule has 43 heavy (non-hydrogen) atoms. The second kappa shape index (κ2) is 21.1. The molecule has 0 amide bonds. The van der Waals surface area contributed by atoms with Crippen molar-refractivity contribution in [2.24, 2.45) is 33.7 Å². The zero-order valence-corrected chi connectivity index (χ0v) is 35.4. The summed E-state index contributed by atoms with van der Waals surface area (Å²) in [5, 5.41) is 0. The molecule has 2 aliphatic rings. The molecular weight excluding hydrogens is 751 g/mol. The van der Waals surface area contributed by atoms with Crippen LogP contribution < -0.4 is 0 Å². The van der Waals surface area contributed by atoms with E-state index in [4.69, 9.17) is 28.3 Å². The van der Waals surface area contributed by atoms with E-state index in [9.17, 15) is 0 Å². The number of halogens is 2. The molecule has 0 N–H and O–H groups in total. The van der Waals surface area contributed by atoms with Crippen LogP contribution in [0.15, 0.2) is 9.98 Å². The number of ether oxygens (including phenoxy) is 2. The second-order valence-electron chi connectivity index (χ2n) is 14.9. The van der Waals surface area contributed by atoms with E-state index in [1.807, 2.05) is 14.2 Å². The van der Waals surface area contributed by atoms with Crippen LogP contribution in [0.25, 0.3) is 0 Å². The standard InChI is InChI=1S/C32H64N2O4Si2.2BrH.Ni/c1-23-19-27(35-5)20-24(2)31(23)33-29(15-13-17-37-39(7,8)9)30(16-14-18-38-40(10,11)12)34-32-25(3)21-28(36-6)22-26(32)4;;;/h23-28,31-32H,13-22H2,1-12H3;2*1H;/q;;;+2/p-2. The molecule has 4 unspecified atom stereocenters. The van der Waals surface area contributed by atoms with Gasteiger partial charge in [-0.3, -0.25) is 9.98 Å². The summed E-state index contributed by atoms with van der Waals surface area (Å²) in [4.78, 5) is 11.2. The van der Waals surface area contributed by atoms with Crippen LogP contribution in [0.5, 0.6) is 0 Å². The van der Waals surface area contributed by atoms with Gasteiger partial charge in [-0.2, -0.15) is 0 Å². The molecule has 11 heteroatoms. The first kappa shape index (κ1) is 42.1. The van der Waals surface area contributed by atoms with Crippen LogP contribution in [0.3, 0.4) is 0 Å². The van der Waals surface area contributed by atoms with Crippen LogP contribution in [-0.2, 0) is 29.2 Å². The van der Waals surface area contributed by atoms with Crippen molar-refractivity contribution in [3.05, 3.63) is 0 Å². The zero-order valence-electron chi connectivity index (χ0n) is 29.3. The van der Waals surface area contributed by atoms with Gasteiger partial charge in [0.2, 0.25) is 0 Å². The number of hydrogen-bond acceptors (Lipinski definition) is 6. The van der Waals surface area contributed by atoms with E-state index >= 15 is 0 Å².